The second kappa shape index (κ2) is 3.11. The number of hydrogen-bond donors (Lipinski definition) is 2. The van der Waals surface area contributed by atoms with Gasteiger partial charge < -0.3 is 5.11 Å². The molecule has 0 unspecified atom stereocenters. The van der Waals surface area contributed by atoms with Gasteiger partial charge in [-0.15, -0.1) is 0 Å². The zero-order valence-electron chi connectivity index (χ0n) is 5.21. The van der Waals surface area contributed by atoms with Crippen molar-refractivity contribution in [2.75, 3.05) is 0 Å². The van der Waals surface area contributed by atoms with Crippen LogP contribution in [0.4, 0.5) is 0 Å². The lowest BCUT2D eigenvalue weighted by molar-refractivity contribution is 0.0696. The summed E-state index contributed by atoms with van der Waals surface area (Å²) in [6.45, 7) is 0. The average Bonchev–Trinajstić information content (AvgIpc) is 2.32. The molecule has 0 fully saturated rings. The van der Waals surface area contributed by atoms with Crippen molar-refractivity contribution in [3.63, 3.8) is 0 Å². The molecule has 1 aromatic heterocycles. The number of hydrogen-bond acceptors (Lipinski definition) is 2. The number of halogens is 2. The summed E-state index contributed by atoms with van der Waals surface area (Å²) in [4.78, 5) is 9.52. The van der Waals surface area contributed by atoms with Gasteiger partial charge in [-0.2, -0.15) is 5.10 Å². The van der Waals surface area contributed by atoms with Crippen molar-refractivity contribution in [2.45, 2.75) is 4.84 Å². The predicted octanol–water partition coefficient (Wildman–Crippen LogP) is 1.58. The molecule has 4 nitrogen and oxygen atoms in total. The number of aromatic nitrogens is 2. The minimum Gasteiger partial charge on any atom is -0.478 e. The fourth-order valence-electron chi connectivity index (χ4n) is 0.633. The van der Waals surface area contributed by atoms with Crippen LogP contribution in [-0.4, -0.2) is 21.3 Å². The standard InChI is InChI=1S/C5H4Cl2N2O2/c6-4(7)3-2(5(10)11)1-8-9-3/h1,4H,(H,8,9)(H,10,11). The SMILES string of the molecule is O=C(O)c1cn[nH]c1C(Cl)Cl. The number of carboxylic acids is 1. The highest BCUT2D eigenvalue weighted by molar-refractivity contribution is 6.44. The number of rotatable bonds is 2. The number of nitrogens with zero attached hydrogens (tertiary/aromatic N) is 1. The van der Waals surface area contributed by atoms with Gasteiger partial charge in [0.15, 0.2) is 0 Å². The Kier molecular flexibility index (Phi) is 2.36. The van der Waals surface area contributed by atoms with E-state index in [1.54, 1.807) is 0 Å². The molecule has 0 atom stereocenters. The maximum absolute atomic E-state index is 10.4. The molecule has 1 rings (SSSR count). The van der Waals surface area contributed by atoms with Crippen molar-refractivity contribution in [2.24, 2.45) is 0 Å². The molecule has 2 N–H and O–H groups in total. The lowest BCUT2D eigenvalue weighted by atomic mass is 10.3. The number of aromatic amines is 1. The molecular weight excluding hydrogens is 191 g/mol. The number of H-pyrrole nitrogens is 1. The van der Waals surface area contributed by atoms with Gasteiger partial charge in [-0.25, -0.2) is 4.79 Å². The monoisotopic (exact) mass is 194 g/mol. The molecule has 1 heterocycles. The Hall–Kier alpha value is -0.740. The molecule has 0 bridgehead atoms. The third-order valence-corrected chi connectivity index (χ3v) is 1.55. The van der Waals surface area contributed by atoms with Crippen molar-refractivity contribution < 1.29 is 9.90 Å². The Morgan fingerprint density at radius 3 is 2.73 bits per heavy atom. The topological polar surface area (TPSA) is 66.0 Å². The Morgan fingerprint density at radius 2 is 2.36 bits per heavy atom. The number of carboxylic acid groups (broad SMARTS) is 1. The zero-order chi connectivity index (χ0) is 8.43. The predicted molar refractivity (Wildman–Crippen MR) is 40.0 cm³/mol. The number of nitrogens with one attached hydrogen (secondary N) is 1. The third-order valence-electron chi connectivity index (χ3n) is 1.12. The summed E-state index contributed by atoms with van der Waals surface area (Å²) in [6.07, 6.45) is 1.16. The van der Waals surface area contributed by atoms with E-state index in [0.29, 0.717) is 0 Å². The minimum absolute atomic E-state index is 0.000000000000000444. The molecular formula is C5H4Cl2N2O2. The quantitative estimate of drug-likeness (QED) is 0.704. The zero-order valence-corrected chi connectivity index (χ0v) is 6.73. The van der Waals surface area contributed by atoms with Gasteiger partial charge in [0.05, 0.1) is 11.9 Å². The fraction of sp³-hybridized carbons (Fsp3) is 0.200. The van der Waals surface area contributed by atoms with Gasteiger partial charge in [-0.3, -0.25) is 5.10 Å². The van der Waals surface area contributed by atoms with Gasteiger partial charge in [-0.05, 0) is 0 Å². The van der Waals surface area contributed by atoms with Gasteiger partial charge >= 0.3 is 5.97 Å². The molecule has 0 aliphatic carbocycles. The van der Waals surface area contributed by atoms with Crippen LogP contribution in [0.5, 0.6) is 0 Å². The van der Waals surface area contributed by atoms with E-state index in [-0.39, 0.29) is 11.3 Å². The summed E-state index contributed by atoms with van der Waals surface area (Å²) in [5.74, 6) is -1.10. The van der Waals surface area contributed by atoms with E-state index in [1.807, 2.05) is 0 Å². The highest BCUT2D eigenvalue weighted by atomic mass is 35.5. The van der Waals surface area contributed by atoms with Crippen LogP contribution in [0.3, 0.4) is 0 Å². The largest absolute Gasteiger partial charge is 0.478 e. The van der Waals surface area contributed by atoms with Gasteiger partial charge in [0.2, 0.25) is 0 Å². The summed E-state index contributed by atoms with van der Waals surface area (Å²) < 4.78 is 0. The molecule has 60 valence electrons. The van der Waals surface area contributed by atoms with Crippen LogP contribution in [0.1, 0.15) is 20.9 Å². The fourth-order valence-corrected chi connectivity index (χ4v) is 0.966. The molecule has 0 aliphatic rings. The van der Waals surface area contributed by atoms with E-state index in [9.17, 15) is 4.79 Å². The lowest BCUT2D eigenvalue weighted by Gasteiger charge is -1.96. The van der Waals surface area contributed by atoms with E-state index >= 15 is 0 Å². The second-order valence-corrected chi connectivity index (χ2v) is 2.90. The van der Waals surface area contributed by atoms with E-state index in [0.717, 1.165) is 6.20 Å². The van der Waals surface area contributed by atoms with E-state index in [1.165, 1.54) is 0 Å². The summed E-state index contributed by atoms with van der Waals surface area (Å²) in [5.41, 5.74) is 0.209. The van der Waals surface area contributed by atoms with Crippen molar-refractivity contribution in [1.82, 2.24) is 10.2 Å². The summed E-state index contributed by atoms with van der Waals surface area (Å²) >= 11 is 10.8. The van der Waals surface area contributed by atoms with E-state index in [2.05, 4.69) is 10.2 Å². The van der Waals surface area contributed by atoms with Crippen molar-refractivity contribution in [3.05, 3.63) is 17.5 Å². The molecule has 0 amide bonds. The molecule has 0 aliphatic heterocycles. The highest BCUT2D eigenvalue weighted by Crippen LogP contribution is 2.25. The number of alkyl halides is 2. The van der Waals surface area contributed by atoms with Crippen LogP contribution in [0.15, 0.2) is 6.20 Å². The Labute approximate surface area is 72.1 Å². The lowest BCUT2D eigenvalue weighted by Crippen LogP contribution is -1.99. The van der Waals surface area contributed by atoms with Crippen LogP contribution in [0.2, 0.25) is 0 Å². The number of carbonyl (C=O) groups is 1. The highest BCUT2D eigenvalue weighted by Gasteiger charge is 2.16. The first-order valence-corrected chi connectivity index (χ1v) is 3.55. The molecule has 0 spiro atoms. The molecule has 0 saturated carbocycles. The van der Waals surface area contributed by atoms with Crippen LogP contribution in [-0.2, 0) is 0 Å². The molecule has 6 heteroatoms. The van der Waals surface area contributed by atoms with Crippen molar-refractivity contribution in [3.8, 4) is 0 Å². The molecule has 0 aromatic carbocycles. The minimum atomic E-state index is -1.10. The van der Waals surface area contributed by atoms with Gasteiger partial charge in [0.1, 0.15) is 10.4 Å². The Bertz CT molecular complexity index is 271. The van der Waals surface area contributed by atoms with Crippen LogP contribution in [0.25, 0.3) is 0 Å². The average molecular weight is 195 g/mol. The van der Waals surface area contributed by atoms with Crippen LogP contribution >= 0.6 is 23.2 Å². The first kappa shape index (κ1) is 8.36. The normalized spacial score (nSPS) is 10.5. The molecule has 0 saturated heterocycles. The molecule has 11 heavy (non-hydrogen) atoms. The summed E-state index contributed by atoms with van der Waals surface area (Å²) in [7, 11) is 0. The number of aromatic carboxylic acids is 1. The van der Waals surface area contributed by atoms with E-state index in [4.69, 9.17) is 28.3 Å². The van der Waals surface area contributed by atoms with Gasteiger partial charge in [0.25, 0.3) is 0 Å². The summed E-state index contributed by atoms with van der Waals surface area (Å²) in [5, 5.41) is 14.4. The summed E-state index contributed by atoms with van der Waals surface area (Å²) in [6, 6.07) is 0. The van der Waals surface area contributed by atoms with Crippen molar-refractivity contribution >= 4 is 29.2 Å². The molecule has 1 aromatic rings. The first-order chi connectivity index (χ1) is 5.13. The Balaban J connectivity index is 3.06. The third kappa shape index (κ3) is 1.64. The smallest absolute Gasteiger partial charge is 0.339 e. The maximum atomic E-state index is 10.4. The first-order valence-electron chi connectivity index (χ1n) is 2.67. The molecule has 0 radical (unpaired) electrons. The van der Waals surface area contributed by atoms with Gasteiger partial charge in [0, 0.05) is 0 Å². The van der Waals surface area contributed by atoms with Crippen molar-refractivity contribution in [1.29, 1.82) is 0 Å². The van der Waals surface area contributed by atoms with Crippen LogP contribution in [0, 0.1) is 0 Å². The maximum Gasteiger partial charge on any atom is 0.339 e. The van der Waals surface area contributed by atoms with Crippen LogP contribution < -0.4 is 0 Å². The van der Waals surface area contributed by atoms with E-state index < -0.39 is 10.8 Å². The Morgan fingerprint density at radius 1 is 1.73 bits per heavy atom. The van der Waals surface area contributed by atoms with Gasteiger partial charge in [-0.1, -0.05) is 23.2 Å². The second-order valence-electron chi connectivity index (χ2n) is 1.80.